The molecule has 0 aliphatic rings. The number of hydrogen-bond donors (Lipinski definition) is 0. The summed E-state index contributed by atoms with van der Waals surface area (Å²) >= 11 is 0. The Kier molecular flexibility index (Phi) is 10.0. The van der Waals surface area contributed by atoms with Gasteiger partial charge in [-0.3, -0.25) is 0 Å². The third-order valence-electron chi connectivity index (χ3n) is 6.84. The van der Waals surface area contributed by atoms with E-state index in [0.29, 0.717) is 0 Å². The number of rotatable bonds is 13. The average Bonchev–Trinajstić information content (AvgIpc) is 2.82. The van der Waals surface area contributed by atoms with Crippen LogP contribution in [0.3, 0.4) is 0 Å². The Balaban J connectivity index is 1.35. The van der Waals surface area contributed by atoms with Gasteiger partial charge in [0.15, 0.2) is 0 Å². The molecule has 3 aromatic rings. The van der Waals surface area contributed by atoms with Crippen LogP contribution in [0.2, 0.25) is 0 Å². The lowest BCUT2D eigenvalue weighted by Crippen LogP contribution is -2.18. The van der Waals surface area contributed by atoms with Gasteiger partial charge in [-0.25, -0.2) is 0 Å². The van der Waals surface area contributed by atoms with Crippen molar-refractivity contribution in [3.05, 3.63) is 95.1 Å². The molecule has 0 radical (unpaired) electrons. The van der Waals surface area contributed by atoms with Crippen molar-refractivity contribution >= 4 is 17.8 Å². The van der Waals surface area contributed by atoms with Crippen molar-refractivity contribution in [3.63, 3.8) is 0 Å². The normalized spacial score (nSPS) is 11.6. The molecule has 3 rings (SSSR count). The summed E-state index contributed by atoms with van der Waals surface area (Å²) in [5, 5.41) is 1.99. The van der Waals surface area contributed by atoms with Crippen LogP contribution in [-0.4, -0.2) is 6.16 Å². The van der Waals surface area contributed by atoms with E-state index in [2.05, 4.69) is 32.9 Å². The van der Waals surface area contributed by atoms with Crippen molar-refractivity contribution in [2.45, 2.75) is 78.6 Å². The maximum absolute atomic E-state index is 14.0. The zero-order chi connectivity index (χ0) is 23.5. The smallest absolute Gasteiger partial charge is 0.143 e. The summed E-state index contributed by atoms with van der Waals surface area (Å²) in [6.45, 7) is 6.69. The van der Waals surface area contributed by atoms with Gasteiger partial charge in [0.2, 0.25) is 0 Å². The topological polar surface area (TPSA) is 17.1 Å². The largest absolute Gasteiger partial charge is 0.314 e. The zero-order valence-corrected chi connectivity index (χ0v) is 21.7. The molecule has 2 heteroatoms. The van der Waals surface area contributed by atoms with E-state index in [1.807, 2.05) is 60.7 Å². The number of aryl methyl sites for hydroxylation is 3. The molecule has 1 nitrogen and oxygen atoms in total. The lowest BCUT2D eigenvalue weighted by Gasteiger charge is -2.19. The predicted molar refractivity (Wildman–Crippen MR) is 146 cm³/mol. The highest BCUT2D eigenvalue weighted by Crippen LogP contribution is 2.44. The van der Waals surface area contributed by atoms with E-state index in [4.69, 9.17) is 0 Å². The third kappa shape index (κ3) is 7.44. The van der Waals surface area contributed by atoms with Crippen molar-refractivity contribution in [1.82, 2.24) is 0 Å². The van der Waals surface area contributed by atoms with E-state index in [0.717, 1.165) is 23.2 Å². The molecule has 176 valence electrons. The van der Waals surface area contributed by atoms with Gasteiger partial charge >= 0.3 is 0 Å². The molecule has 0 unspecified atom stereocenters. The molecule has 3 aromatic carbocycles. The van der Waals surface area contributed by atoms with E-state index in [1.165, 1.54) is 68.1 Å². The summed E-state index contributed by atoms with van der Waals surface area (Å²) in [6, 6.07) is 24.8. The minimum atomic E-state index is -2.54. The van der Waals surface area contributed by atoms with Crippen molar-refractivity contribution in [3.8, 4) is 0 Å². The minimum absolute atomic E-state index is 0.774. The molecule has 0 spiro atoms. The van der Waals surface area contributed by atoms with Crippen LogP contribution in [0.25, 0.3) is 0 Å². The number of benzene rings is 3. The van der Waals surface area contributed by atoms with Crippen LogP contribution in [0, 0.1) is 20.8 Å². The lowest BCUT2D eigenvalue weighted by atomic mass is 9.95. The first-order valence-electron chi connectivity index (χ1n) is 12.8. The predicted octanol–water partition coefficient (Wildman–Crippen LogP) is 8.29. The van der Waals surface area contributed by atoms with Gasteiger partial charge in [0.05, 0.1) is 0 Å². The molecule has 0 N–H and O–H groups in total. The molecule has 0 saturated carbocycles. The fraction of sp³-hybridized carbons (Fsp3) is 0.419. The number of hydrogen-bond acceptors (Lipinski definition) is 1. The van der Waals surface area contributed by atoms with Gasteiger partial charge < -0.3 is 4.57 Å². The third-order valence-corrected chi connectivity index (χ3v) is 10.0. The lowest BCUT2D eigenvalue weighted by molar-refractivity contribution is 0.567. The quantitative estimate of drug-likeness (QED) is 0.185. The Labute approximate surface area is 202 Å². The van der Waals surface area contributed by atoms with Crippen LogP contribution in [0.5, 0.6) is 0 Å². The van der Waals surface area contributed by atoms with Crippen LogP contribution in [-0.2, 0) is 11.0 Å². The molecule has 0 aromatic heterocycles. The Morgan fingerprint density at radius 3 is 1.48 bits per heavy atom. The molecular formula is C31H41OP. The SMILES string of the molecule is Cc1cc(C)c(CCCCCCCCCCP(=O)(c2ccccc2)c2ccccc2)c(C)c1. The molecule has 0 amide bonds. The standard InChI is InChI=1S/C31H41OP/c1-26-24-27(2)31(28(3)25-26)22-16-8-6-4-5-7-9-17-23-33(32,29-18-12-10-13-19-29)30-20-14-11-15-21-30/h10-15,18-21,24-25H,4-9,16-17,22-23H2,1-3H3. The van der Waals surface area contributed by atoms with Gasteiger partial charge in [-0.05, 0) is 56.7 Å². The fourth-order valence-electron chi connectivity index (χ4n) is 5.05. The first-order valence-corrected chi connectivity index (χ1v) is 14.7. The molecule has 0 heterocycles. The van der Waals surface area contributed by atoms with Crippen molar-refractivity contribution < 1.29 is 4.57 Å². The van der Waals surface area contributed by atoms with Gasteiger partial charge in [0.1, 0.15) is 7.14 Å². The van der Waals surface area contributed by atoms with E-state index >= 15 is 0 Å². The summed E-state index contributed by atoms with van der Waals surface area (Å²) in [5.74, 6) is 0. The van der Waals surface area contributed by atoms with Gasteiger partial charge in [0, 0.05) is 16.8 Å². The zero-order valence-electron chi connectivity index (χ0n) is 20.9. The van der Waals surface area contributed by atoms with Gasteiger partial charge in [-0.1, -0.05) is 117 Å². The summed E-state index contributed by atoms with van der Waals surface area (Å²) in [4.78, 5) is 0. The van der Waals surface area contributed by atoms with Crippen LogP contribution in [0.1, 0.15) is 73.6 Å². The van der Waals surface area contributed by atoms with Gasteiger partial charge in [0.25, 0.3) is 0 Å². The Morgan fingerprint density at radius 2 is 1.00 bits per heavy atom. The van der Waals surface area contributed by atoms with E-state index < -0.39 is 7.14 Å². The molecular weight excluding hydrogens is 419 g/mol. The van der Waals surface area contributed by atoms with E-state index in [-0.39, 0.29) is 0 Å². The first kappa shape index (κ1) is 25.5. The second-order valence-electron chi connectivity index (χ2n) is 9.59. The van der Waals surface area contributed by atoms with Crippen LogP contribution in [0.15, 0.2) is 72.8 Å². The molecule has 33 heavy (non-hydrogen) atoms. The second-order valence-corrected chi connectivity index (χ2v) is 12.5. The molecule has 0 atom stereocenters. The Morgan fingerprint density at radius 1 is 0.576 bits per heavy atom. The first-order chi connectivity index (χ1) is 16.0. The van der Waals surface area contributed by atoms with Crippen LogP contribution >= 0.6 is 7.14 Å². The van der Waals surface area contributed by atoms with Crippen molar-refractivity contribution in [1.29, 1.82) is 0 Å². The average molecular weight is 461 g/mol. The van der Waals surface area contributed by atoms with Crippen molar-refractivity contribution in [2.24, 2.45) is 0 Å². The highest BCUT2D eigenvalue weighted by molar-refractivity contribution is 7.78. The monoisotopic (exact) mass is 460 g/mol. The van der Waals surface area contributed by atoms with Gasteiger partial charge in [-0.15, -0.1) is 0 Å². The summed E-state index contributed by atoms with van der Waals surface area (Å²) in [7, 11) is -2.54. The Hall–Kier alpha value is -2.11. The van der Waals surface area contributed by atoms with Crippen LogP contribution in [0.4, 0.5) is 0 Å². The molecule has 0 aliphatic heterocycles. The molecule has 0 fully saturated rings. The van der Waals surface area contributed by atoms with Crippen molar-refractivity contribution in [2.75, 3.05) is 6.16 Å². The Bertz CT molecular complexity index is 957. The minimum Gasteiger partial charge on any atom is -0.314 e. The summed E-state index contributed by atoms with van der Waals surface area (Å²) in [6.07, 6.45) is 12.0. The second kappa shape index (κ2) is 13.0. The fourth-order valence-corrected chi connectivity index (χ4v) is 7.84. The number of unbranched alkanes of at least 4 members (excludes halogenated alkanes) is 7. The maximum atomic E-state index is 14.0. The van der Waals surface area contributed by atoms with E-state index in [1.54, 1.807) is 5.56 Å². The molecule has 0 saturated heterocycles. The van der Waals surface area contributed by atoms with E-state index in [9.17, 15) is 4.57 Å². The summed E-state index contributed by atoms with van der Waals surface area (Å²) in [5.41, 5.74) is 5.84. The highest BCUT2D eigenvalue weighted by atomic mass is 31.2. The highest BCUT2D eigenvalue weighted by Gasteiger charge is 2.26. The van der Waals surface area contributed by atoms with Gasteiger partial charge in [-0.2, -0.15) is 0 Å². The molecule has 0 bridgehead atoms. The maximum Gasteiger partial charge on any atom is 0.143 e. The summed E-state index contributed by atoms with van der Waals surface area (Å²) < 4.78 is 14.0. The molecule has 0 aliphatic carbocycles. The van der Waals surface area contributed by atoms with Crippen LogP contribution < -0.4 is 10.6 Å².